The van der Waals surface area contributed by atoms with Crippen LogP contribution in [0.2, 0.25) is 0 Å². The number of aliphatic hydroxyl groups is 3. The molecule has 0 bridgehead atoms. The van der Waals surface area contributed by atoms with Gasteiger partial charge in [-0.05, 0) is 26.7 Å². The van der Waals surface area contributed by atoms with Gasteiger partial charge in [0.1, 0.15) is 6.10 Å². The number of carboxylic acids is 1. The highest BCUT2D eigenvalue weighted by molar-refractivity contribution is 5.64. The fourth-order valence-electron chi connectivity index (χ4n) is 3.00. The van der Waals surface area contributed by atoms with E-state index in [0.29, 0.717) is 6.42 Å². The Hall–Kier alpha value is -0.730. The molecule has 0 amide bonds. The summed E-state index contributed by atoms with van der Waals surface area (Å²) < 4.78 is 11.2. The van der Waals surface area contributed by atoms with Crippen LogP contribution in [0.4, 0.5) is 0 Å². The summed E-state index contributed by atoms with van der Waals surface area (Å²) in [7, 11) is 0. The zero-order chi connectivity index (χ0) is 18.8. The molecule has 0 spiro atoms. The Kier molecular flexibility index (Phi) is 10.5. The fraction of sp³-hybridized carbons (Fsp3) is 0.944. The average Bonchev–Trinajstić information content (AvgIpc) is 2.51. The summed E-state index contributed by atoms with van der Waals surface area (Å²) >= 11 is 0. The van der Waals surface area contributed by atoms with Crippen molar-refractivity contribution < 1.29 is 34.7 Å². The van der Waals surface area contributed by atoms with Crippen LogP contribution < -0.4 is 5.11 Å². The van der Waals surface area contributed by atoms with Crippen molar-refractivity contribution in [3.63, 3.8) is 0 Å². The third-order valence-electron chi connectivity index (χ3n) is 4.60. The molecule has 1 aliphatic rings. The molecule has 7 nitrogen and oxygen atoms in total. The molecule has 1 saturated heterocycles. The summed E-state index contributed by atoms with van der Waals surface area (Å²) in [6, 6.07) is 0. The molecule has 1 rings (SSSR count). The van der Waals surface area contributed by atoms with Crippen LogP contribution in [0.5, 0.6) is 0 Å². The molecule has 0 aliphatic carbocycles. The SMILES string of the molecule is C[C@H](CCCCCCC[C@@H](O)CC(=O)[O-])O[C@@H]1O[C@@H](C)[C@H](O)C[C@H]1O. The Morgan fingerprint density at radius 2 is 1.76 bits per heavy atom. The summed E-state index contributed by atoms with van der Waals surface area (Å²) in [5, 5.41) is 39.3. The number of carbonyl (C=O) groups excluding carboxylic acids is 1. The lowest BCUT2D eigenvalue weighted by Gasteiger charge is -2.36. The minimum Gasteiger partial charge on any atom is -0.550 e. The van der Waals surface area contributed by atoms with Crippen LogP contribution >= 0.6 is 0 Å². The molecular formula is C18H33O7-. The molecular weight excluding hydrogens is 328 g/mol. The largest absolute Gasteiger partial charge is 0.550 e. The molecule has 3 N–H and O–H groups in total. The minimum atomic E-state index is -1.21. The van der Waals surface area contributed by atoms with E-state index in [9.17, 15) is 25.2 Å². The summed E-state index contributed by atoms with van der Waals surface area (Å²) in [4.78, 5) is 10.3. The first-order valence-corrected chi connectivity index (χ1v) is 9.34. The molecule has 1 fully saturated rings. The van der Waals surface area contributed by atoms with Gasteiger partial charge in [-0.15, -0.1) is 0 Å². The second kappa shape index (κ2) is 11.8. The summed E-state index contributed by atoms with van der Waals surface area (Å²) in [6.45, 7) is 3.71. The normalized spacial score (nSPS) is 29.3. The van der Waals surface area contributed by atoms with Crippen molar-refractivity contribution in [3.05, 3.63) is 0 Å². The average molecular weight is 361 g/mol. The first-order chi connectivity index (χ1) is 11.8. The highest BCUT2D eigenvalue weighted by Crippen LogP contribution is 2.23. The lowest BCUT2D eigenvalue weighted by atomic mass is 10.0. The Balaban J connectivity index is 2.03. The first-order valence-electron chi connectivity index (χ1n) is 9.34. The van der Waals surface area contributed by atoms with Crippen LogP contribution in [0.3, 0.4) is 0 Å². The van der Waals surface area contributed by atoms with Crippen molar-refractivity contribution in [2.24, 2.45) is 0 Å². The van der Waals surface area contributed by atoms with Gasteiger partial charge in [-0.1, -0.05) is 32.1 Å². The molecule has 1 aliphatic heterocycles. The quantitative estimate of drug-likeness (QED) is 0.433. The number of unbranched alkanes of at least 4 members (excludes halogenated alkanes) is 4. The maximum absolute atomic E-state index is 10.3. The summed E-state index contributed by atoms with van der Waals surface area (Å²) in [6.07, 6.45) is 2.82. The molecule has 0 aromatic carbocycles. The van der Waals surface area contributed by atoms with Crippen LogP contribution in [0, 0.1) is 0 Å². The molecule has 148 valence electrons. The highest BCUT2D eigenvalue weighted by Gasteiger charge is 2.35. The Bertz CT molecular complexity index is 376. The van der Waals surface area contributed by atoms with Crippen molar-refractivity contribution in [2.75, 3.05) is 0 Å². The van der Waals surface area contributed by atoms with Gasteiger partial charge < -0.3 is 34.7 Å². The second-order valence-electron chi connectivity index (χ2n) is 7.10. The predicted octanol–water partition coefficient (Wildman–Crippen LogP) is 0.480. The first kappa shape index (κ1) is 22.3. The van der Waals surface area contributed by atoms with Gasteiger partial charge in [0, 0.05) is 18.8 Å². The van der Waals surface area contributed by atoms with Gasteiger partial charge >= 0.3 is 0 Å². The maximum atomic E-state index is 10.3. The molecule has 0 unspecified atom stereocenters. The van der Waals surface area contributed by atoms with Crippen molar-refractivity contribution in [3.8, 4) is 0 Å². The van der Waals surface area contributed by atoms with E-state index in [4.69, 9.17) is 9.47 Å². The standard InChI is InChI=1S/C18H34O7/c1-12(24-18-16(21)11-15(20)13(2)25-18)8-6-4-3-5-7-9-14(19)10-17(22)23/h12-16,18-21H,3-11H2,1-2H3,(H,22,23)/p-1/t12-,13+,14-,15-,16-,18-/m1/s1. The minimum absolute atomic E-state index is 0.0352. The zero-order valence-corrected chi connectivity index (χ0v) is 15.3. The number of hydrogen-bond acceptors (Lipinski definition) is 7. The number of carboxylic acid groups (broad SMARTS) is 1. The van der Waals surface area contributed by atoms with Gasteiger partial charge in [0.2, 0.25) is 0 Å². The van der Waals surface area contributed by atoms with Gasteiger partial charge in [0.15, 0.2) is 6.29 Å². The molecule has 0 saturated carbocycles. The lowest BCUT2D eigenvalue weighted by Crippen LogP contribution is -2.48. The smallest absolute Gasteiger partial charge is 0.184 e. The van der Waals surface area contributed by atoms with Gasteiger partial charge in [-0.25, -0.2) is 0 Å². The van der Waals surface area contributed by atoms with E-state index < -0.39 is 30.6 Å². The monoisotopic (exact) mass is 361 g/mol. The van der Waals surface area contributed by atoms with E-state index in [-0.39, 0.29) is 25.0 Å². The van der Waals surface area contributed by atoms with E-state index in [1.54, 1.807) is 6.92 Å². The van der Waals surface area contributed by atoms with E-state index in [0.717, 1.165) is 38.5 Å². The number of ether oxygens (including phenoxy) is 2. The van der Waals surface area contributed by atoms with Gasteiger partial charge in [-0.2, -0.15) is 0 Å². The van der Waals surface area contributed by atoms with Crippen LogP contribution in [0.1, 0.15) is 71.6 Å². The van der Waals surface area contributed by atoms with E-state index in [1.807, 2.05) is 6.92 Å². The van der Waals surface area contributed by atoms with E-state index in [2.05, 4.69) is 0 Å². The number of rotatable bonds is 12. The number of hydrogen-bond donors (Lipinski definition) is 3. The van der Waals surface area contributed by atoms with Gasteiger partial charge in [-0.3, -0.25) is 0 Å². The highest BCUT2D eigenvalue weighted by atomic mass is 16.7. The number of aliphatic hydroxyl groups excluding tert-OH is 3. The lowest BCUT2D eigenvalue weighted by molar-refractivity contribution is -0.307. The molecule has 0 aromatic heterocycles. The molecule has 25 heavy (non-hydrogen) atoms. The van der Waals surface area contributed by atoms with Crippen LogP contribution in [-0.2, 0) is 14.3 Å². The fourth-order valence-corrected chi connectivity index (χ4v) is 3.00. The predicted molar refractivity (Wildman–Crippen MR) is 89.5 cm³/mol. The third kappa shape index (κ3) is 9.51. The summed E-state index contributed by atoms with van der Waals surface area (Å²) in [5.41, 5.74) is 0. The molecule has 0 radical (unpaired) electrons. The second-order valence-corrected chi connectivity index (χ2v) is 7.10. The van der Waals surface area contributed by atoms with E-state index >= 15 is 0 Å². The molecule has 1 heterocycles. The van der Waals surface area contributed by atoms with Crippen molar-refractivity contribution in [1.29, 1.82) is 0 Å². The molecule has 0 aromatic rings. The van der Waals surface area contributed by atoms with Gasteiger partial charge in [0.25, 0.3) is 0 Å². The van der Waals surface area contributed by atoms with Crippen LogP contribution in [-0.4, -0.2) is 58.1 Å². The maximum Gasteiger partial charge on any atom is 0.184 e. The van der Waals surface area contributed by atoms with Crippen molar-refractivity contribution >= 4 is 5.97 Å². The van der Waals surface area contributed by atoms with Gasteiger partial charge in [0.05, 0.1) is 24.4 Å². The Morgan fingerprint density at radius 3 is 2.40 bits per heavy atom. The van der Waals surface area contributed by atoms with Crippen LogP contribution in [0.15, 0.2) is 0 Å². The summed E-state index contributed by atoms with van der Waals surface area (Å²) in [5.74, 6) is -1.21. The van der Waals surface area contributed by atoms with Crippen molar-refractivity contribution in [2.45, 2.75) is 108 Å². The Labute approximate surface area is 150 Å². The molecule has 6 atom stereocenters. The number of aliphatic carboxylic acids is 1. The van der Waals surface area contributed by atoms with Crippen LogP contribution in [0.25, 0.3) is 0 Å². The zero-order valence-electron chi connectivity index (χ0n) is 15.3. The van der Waals surface area contributed by atoms with Crippen molar-refractivity contribution in [1.82, 2.24) is 0 Å². The number of carbonyl (C=O) groups is 1. The Morgan fingerprint density at radius 1 is 1.16 bits per heavy atom. The third-order valence-corrected chi connectivity index (χ3v) is 4.60. The molecule has 7 heteroatoms. The van der Waals surface area contributed by atoms with E-state index in [1.165, 1.54) is 0 Å². The topological polar surface area (TPSA) is 119 Å².